The lowest BCUT2D eigenvalue weighted by Crippen LogP contribution is -2.14. The number of aliphatic hydroxyl groups excluding tert-OH is 1. The highest BCUT2D eigenvalue weighted by Crippen LogP contribution is 2.31. The molecule has 21 heavy (non-hydrogen) atoms. The van der Waals surface area contributed by atoms with Gasteiger partial charge in [0.25, 0.3) is 0 Å². The molecule has 1 aliphatic heterocycles. The lowest BCUT2D eigenvalue weighted by atomic mass is 10.2. The number of rotatable bonds is 5. The molecule has 1 N–H and O–H groups in total. The molecule has 2 aromatic heterocycles. The van der Waals surface area contributed by atoms with Crippen molar-refractivity contribution >= 4 is 11.2 Å². The zero-order valence-electron chi connectivity index (χ0n) is 11.8. The first-order valence-electron chi connectivity index (χ1n) is 7.01. The summed E-state index contributed by atoms with van der Waals surface area (Å²) in [6.45, 7) is 2.42. The van der Waals surface area contributed by atoms with Crippen LogP contribution in [0.5, 0.6) is 5.88 Å². The van der Waals surface area contributed by atoms with Crippen molar-refractivity contribution in [3.8, 4) is 5.88 Å². The predicted octanol–water partition coefficient (Wildman–Crippen LogP) is 1.45. The van der Waals surface area contributed by atoms with Crippen LogP contribution in [0, 0.1) is 0 Å². The monoisotopic (exact) mass is 290 g/mol. The Morgan fingerprint density at radius 1 is 1.43 bits per heavy atom. The Morgan fingerprint density at radius 3 is 3.10 bits per heavy atom. The zero-order valence-corrected chi connectivity index (χ0v) is 11.8. The lowest BCUT2D eigenvalue weighted by Gasteiger charge is -2.13. The number of hydrogen-bond donors (Lipinski definition) is 1. The fourth-order valence-corrected chi connectivity index (χ4v) is 2.40. The van der Waals surface area contributed by atoms with Crippen molar-refractivity contribution < 1.29 is 14.6 Å². The lowest BCUT2D eigenvalue weighted by molar-refractivity contribution is -0.0207. The van der Waals surface area contributed by atoms with Crippen LogP contribution in [-0.4, -0.2) is 43.9 Å². The molecule has 112 valence electrons. The average molecular weight is 290 g/mol. The molecular weight excluding hydrogens is 272 g/mol. The van der Waals surface area contributed by atoms with E-state index in [4.69, 9.17) is 14.6 Å². The van der Waals surface area contributed by atoms with Gasteiger partial charge in [-0.1, -0.05) is 12.2 Å². The number of hydrogen-bond acceptors (Lipinski definition) is 6. The van der Waals surface area contributed by atoms with Crippen LogP contribution in [-0.2, 0) is 4.74 Å². The second-order valence-corrected chi connectivity index (χ2v) is 4.86. The van der Waals surface area contributed by atoms with E-state index in [0.717, 1.165) is 12.8 Å². The minimum atomic E-state index is -0.148. The molecule has 3 rings (SSSR count). The summed E-state index contributed by atoms with van der Waals surface area (Å²) in [6, 6.07) is 0. The second kappa shape index (κ2) is 6.19. The third-order valence-corrected chi connectivity index (χ3v) is 3.48. The summed E-state index contributed by atoms with van der Waals surface area (Å²) >= 11 is 0. The number of allylic oxidation sites excluding steroid dienone is 1. The zero-order chi connectivity index (χ0) is 14.7. The summed E-state index contributed by atoms with van der Waals surface area (Å²) in [5, 5.41) is 9.16. The molecule has 2 unspecified atom stereocenters. The Labute approximate surface area is 122 Å². The van der Waals surface area contributed by atoms with E-state index in [-0.39, 0.29) is 18.9 Å². The van der Waals surface area contributed by atoms with E-state index in [1.807, 2.05) is 23.6 Å². The number of aromatic nitrogens is 4. The Bertz CT molecular complexity index is 640. The Balaban J connectivity index is 1.87. The Kier molecular flexibility index (Phi) is 4.12. The molecule has 7 nitrogen and oxygen atoms in total. The third kappa shape index (κ3) is 2.74. The van der Waals surface area contributed by atoms with E-state index in [1.165, 1.54) is 6.33 Å². The van der Waals surface area contributed by atoms with E-state index in [0.29, 0.717) is 23.7 Å². The molecule has 1 aliphatic rings. The summed E-state index contributed by atoms with van der Waals surface area (Å²) in [4.78, 5) is 12.7. The minimum absolute atomic E-state index is 0.0375. The van der Waals surface area contributed by atoms with E-state index in [2.05, 4.69) is 15.0 Å². The van der Waals surface area contributed by atoms with Gasteiger partial charge in [-0.2, -0.15) is 4.98 Å². The van der Waals surface area contributed by atoms with E-state index >= 15 is 0 Å². The van der Waals surface area contributed by atoms with Crippen molar-refractivity contribution in [1.82, 2.24) is 19.5 Å². The predicted molar refractivity (Wildman–Crippen MR) is 75.9 cm³/mol. The normalized spacial score (nSPS) is 22.4. The van der Waals surface area contributed by atoms with Crippen molar-refractivity contribution in [2.45, 2.75) is 32.1 Å². The SMILES string of the molecule is C/C=C/COc1ncnc2c1ncn2C1CCC(CO)O1. The Hall–Kier alpha value is -1.99. The van der Waals surface area contributed by atoms with Crippen LogP contribution in [0.1, 0.15) is 26.0 Å². The first-order chi connectivity index (χ1) is 10.3. The molecule has 0 amide bonds. The van der Waals surface area contributed by atoms with E-state index in [9.17, 15) is 0 Å². The van der Waals surface area contributed by atoms with Gasteiger partial charge in [0.05, 0.1) is 19.0 Å². The van der Waals surface area contributed by atoms with Crippen molar-refractivity contribution in [1.29, 1.82) is 0 Å². The number of imidazole rings is 1. The molecule has 7 heteroatoms. The molecule has 0 radical (unpaired) electrons. The molecule has 0 saturated carbocycles. The maximum absolute atomic E-state index is 9.16. The summed E-state index contributed by atoms with van der Waals surface area (Å²) in [6.07, 6.45) is 8.36. The molecule has 0 bridgehead atoms. The number of nitrogens with zero attached hydrogens (tertiary/aromatic N) is 4. The molecule has 0 spiro atoms. The molecule has 2 aromatic rings. The first-order valence-corrected chi connectivity index (χ1v) is 7.01. The summed E-state index contributed by atoms with van der Waals surface area (Å²) < 4.78 is 13.2. The highest BCUT2D eigenvalue weighted by Gasteiger charge is 2.27. The van der Waals surface area contributed by atoms with Crippen LogP contribution in [0.3, 0.4) is 0 Å². The van der Waals surface area contributed by atoms with Gasteiger partial charge in [-0.25, -0.2) is 9.97 Å². The smallest absolute Gasteiger partial charge is 0.245 e. The van der Waals surface area contributed by atoms with Gasteiger partial charge in [0, 0.05) is 0 Å². The van der Waals surface area contributed by atoms with E-state index in [1.54, 1.807) is 6.33 Å². The molecular formula is C14H18N4O3. The van der Waals surface area contributed by atoms with Gasteiger partial charge in [0.15, 0.2) is 11.2 Å². The van der Waals surface area contributed by atoms with Gasteiger partial charge >= 0.3 is 0 Å². The maximum atomic E-state index is 9.16. The average Bonchev–Trinajstić information content (AvgIpc) is 3.14. The summed E-state index contributed by atoms with van der Waals surface area (Å²) in [5.74, 6) is 0.466. The van der Waals surface area contributed by atoms with Crippen molar-refractivity contribution in [2.75, 3.05) is 13.2 Å². The van der Waals surface area contributed by atoms with Crippen molar-refractivity contribution in [2.24, 2.45) is 0 Å². The number of fused-ring (bicyclic) bond motifs is 1. The summed E-state index contributed by atoms with van der Waals surface area (Å²) in [5.41, 5.74) is 1.31. The topological polar surface area (TPSA) is 82.3 Å². The largest absolute Gasteiger partial charge is 0.472 e. The van der Waals surface area contributed by atoms with Gasteiger partial charge in [-0.3, -0.25) is 4.57 Å². The van der Waals surface area contributed by atoms with Crippen molar-refractivity contribution in [3.63, 3.8) is 0 Å². The van der Waals surface area contributed by atoms with Crippen LogP contribution in [0.15, 0.2) is 24.8 Å². The molecule has 1 saturated heterocycles. The van der Waals surface area contributed by atoms with Crippen LogP contribution >= 0.6 is 0 Å². The molecule has 0 aromatic carbocycles. The van der Waals surface area contributed by atoms with Crippen LogP contribution in [0.25, 0.3) is 11.2 Å². The van der Waals surface area contributed by atoms with Gasteiger partial charge in [0.1, 0.15) is 19.2 Å². The fourth-order valence-electron chi connectivity index (χ4n) is 2.40. The Morgan fingerprint density at radius 2 is 2.33 bits per heavy atom. The number of aliphatic hydroxyl groups is 1. The maximum Gasteiger partial charge on any atom is 0.245 e. The van der Waals surface area contributed by atoms with Crippen LogP contribution < -0.4 is 4.74 Å². The summed E-state index contributed by atoms with van der Waals surface area (Å²) in [7, 11) is 0. The van der Waals surface area contributed by atoms with Gasteiger partial charge in [-0.05, 0) is 19.8 Å². The molecule has 3 heterocycles. The van der Waals surface area contributed by atoms with Crippen LogP contribution in [0.4, 0.5) is 0 Å². The molecule has 0 aliphatic carbocycles. The second-order valence-electron chi connectivity index (χ2n) is 4.86. The molecule has 1 fully saturated rings. The van der Waals surface area contributed by atoms with E-state index < -0.39 is 0 Å². The minimum Gasteiger partial charge on any atom is -0.472 e. The van der Waals surface area contributed by atoms with Gasteiger partial charge in [-0.15, -0.1) is 0 Å². The fraction of sp³-hybridized carbons (Fsp3) is 0.500. The third-order valence-electron chi connectivity index (χ3n) is 3.48. The van der Waals surface area contributed by atoms with Crippen molar-refractivity contribution in [3.05, 3.63) is 24.8 Å². The first kappa shape index (κ1) is 14.0. The highest BCUT2D eigenvalue weighted by atomic mass is 16.5. The van der Waals surface area contributed by atoms with Gasteiger partial charge < -0.3 is 14.6 Å². The van der Waals surface area contributed by atoms with Crippen LogP contribution in [0.2, 0.25) is 0 Å². The highest BCUT2D eigenvalue weighted by molar-refractivity contribution is 5.76. The van der Waals surface area contributed by atoms with Gasteiger partial charge in [0.2, 0.25) is 5.88 Å². The molecule has 2 atom stereocenters. The quantitative estimate of drug-likeness (QED) is 0.839. The number of ether oxygens (including phenoxy) is 2. The standard InChI is InChI=1S/C14H18N4O3/c1-2-3-6-20-14-12-13(15-8-16-14)18(9-17-12)11-5-4-10(7-19)21-11/h2-3,8-11,19H,4-7H2,1H3/b3-2+.